The third kappa shape index (κ3) is 3.96. The van der Waals surface area contributed by atoms with E-state index >= 15 is 0 Å². The normalized spacial score (nSPS) is 40.2. The lowest BCUT2D eigenvalue weighted by Gasteiger charge is -2.44. The van der Waals surface area contributed by atoms with Gasteiger partial charge in [-0.05, 0) is 57.9 Å². The first-order chi connectivity index (χ1) is 9.51. The van der Waals surface area contributed by atoms with Crippen LogP contribution in [0.5, 0.6) is 0 Å². The summed E-state index contributed by atoms with van der Waals surface area (Å²) in [5, 5.41) is 3.57. The Morgan fingerprint density at radius 3 is 2.65 bits per heavy atom. The summed E-state index contributed by atoms with van der Waals surface area (Å²) >= 11 is 0. The highest BCUT2D eigenvalue weighted by atomic mass is 16.5. The average molecular weight is 282 g/mol. The summed E-state index contributed by atoms with van der Waals surface area (Å²) in [4.78, 5) is 2.66. The van der Waals surface area contributed by atoms with Crippen molar-refractivity contribution in [1.82, 2.24) is 10.2 Å². The molecule has 1 aliphatic carbocycles. The molecule has 0 amide bonds. The quantitative estimate of drug-likeness (QED) is 0.858. The fourth-order valence-corrected chi connectivity index (χ4v) is 4.02. The number of rotatable bonds is 4. The minimum absolute atomic E-state index is 0.392. The third-order valence-corrected chi connectivity index (χ3v) is 5.54. The molecule has 3 heteroatoms. The summed E-state index contributed by atoms with van der Waals surface area (Å²) in [6, 6.07) is 1.28. The Labute approximate surface area is 125 Å². The van der Waals surface area contributed by atoms with Gasteiger partial charge in [0.15, 0.2) is 0 Å². The molecule has 0 bridgehead atoms. The predicted octanol–water partition coefficient (Wildman–Crippen LogP) is 2.76. The van der Waals surface area contributed by atoms with Gasteiger partial charge in [0.05, 0.1) is 12.7 Å². The Bertz CT molecular complexity index is 295. The van der Waals surface area contributed by atoms with Crippen LogP contribution in [0.25, 0.3) is 0 Å². The van der Waals surface area contributed by atoms with Crippen LogP contribution in [-0.4, -0.2) is 49.8 Å². The lowest BCUT2D eigenvalue weighted by Crippen LogP contribution is -2.52. The van der Waals surface area contributed by atoms with E-state index in [9.17, 15) is 0 Å². The molecular weight excluding hydrogens is 248 g/mol. The highest BCUT2D eigenvalue weighted by molar-refractivity contribution is 4.88. The van der Waals surface area contributed by atoms with Gasteiger partial charge < -0.3 is 10.1 Å². The summed E-state index contributed by atoms with van der Waals surface area (Å²) in [7, 11) is 2.14. The van der Waals surface area contributed by atoms with Crippen molar-refractivity contribution < 1.29 is 4.74 Å². The van der Waals surface area contributed by atoms with Gasteiger partial charge in [0.1, 0.15) is 0 Å². The molecule has 1 saturated carbocycles. The Kier molecular flexibility index (Phi) is 5.88. The molecule has 1 N–H and O–H groups in total. The number of morpholine rings is 1. The van der Waals surface area contributed by atoms with E-state index < -0.39 is 0 Å². The summed E-state index contributed by atoms with van der Waals surface area (Å²) in [5.41, 5.74) is 0. The molecule has 0 spiro atoms. The van der Waals surface area contributed by atoms with Crippen LogP contribution in [0.3, 0.4) is 0 Å². The fraction of sp³-hybridized carbons (Fsp3) is 1.00. The predicted molar refractivity (Wildman–Crippen MR) is 85.0 cm³/mol. The largest absolute Gasteiger partial charge is 0.376 e. The van der Waals surface area contributed by atoms with Gasteiger partial charge in [0.2, 0.25) is 0 Å². The molecule has 1 saturated heterocycles. The van der Waals surface area contributed by atoms with Crippen LogP contribution in [0, 0.1) is 17.8 Å². The fourth-order valence-electron chi connectivity index (χ4n) is 4.02. The van der Waals surface area contributed by atoms with Gasteiger partial charge in [0, 0.05) is 25.2 Å². The zero-order valence-corrected chi connectivity index (χ0v) is 14.1. The zero-order chi connectivity index (χ0) is 14.7. The van der Waals surface area contributed by atoms with E-state index in [1.54, 1.807) is 0 Å². The molecule has 2 fully saturated rings. The van der Waals surface area contributed by atoms with E-state index in [2.05, 4.69) is 45.0 Å². The average Bonchev–Trinajstić information content (AvgIpc) is 2.42. The van der Waals surface area contributed by atoms with Crippen LogP contribution in [0.15, 0.2) is 0 Å². The minimum Gasteiger partial charge on any atom is -0.376 e. The van der Waals surface area contributed by atoms with Crippen molar-refractivity contribution in [2.75, 3.05) is 26.7 Å². The molecule has 118 valence electrons. The second kappa shape index (κ2) is 7.24. The van der Waals surface area contributed by atoms with Crippen molar-refractivity contribution in [2.45, 2.75) is 65.1 Å². The summed E-state index contributed by atoms with van der Waals surface area (Å²) in [6.07, 6.45) is 4.53. The molecular formula is C17H34N2O. The van der Waals surface area contributed by atoms with Gasteiger partial charge in [-0.25, -0.2) is 0 Å². The molecule has 0 aromatic carbocycles. The van der Waals surface area contributed by atoms with Crippen molar-refractivity contribution in [2.24, 2.45) is 17.8 Å². The maximum absolute atomic E-state index is 5.76. The molecule has 2 rings (SSSR count). The van der Waals surface area contributed by atoms with Gasteiger partial charge in [-0.1, -0.05) is 13.8 Å². The lowest BCUT2D eigenvalue weighted by atomic mass is 9.73. The molecule has 3 nitrogen and oxygen atoms in total. The van der Waals surface area contributed by atoms with E-state index in [4.69, 9.17) is 4.74 Å². The highest BCUT2D eigenvalue weighted by Crippen LogP contribution is 2.34. The molecule has 1 aliphatic heterocycles. The Hall–Kier alpha value is -0.120. The van der Waals surface area contributed by atoms with Crippen molar-refractivity contribution >= 4 is 0 Å². The SMILES string of the molecule is CNC1CCC(C(C)C)CC1CN1CC(C)OCC1C. The van der Waals surface area contributed by atoms with E-state index in [-0.39, 0.29) is 0 Å². The summed E-state index contributed by atoms with van der Waals surface area (Å²) < 4.78 is 5.76. The lowest BCUT2D eigenvalue weighted by molar-refractivity contribution is -0.0589. The molecule has 5 atom stereocenters. The minimum atomic E-state index is 0.392. The smallest absolute Gasteiger partial charge is 0.0674 e. The molecule has 5 unspecified atom stereocenters. The van der Waals surface area contributed by atoms with Crippen molar-refractivity contribution in [3.63, 3.8) is 0 Å². The van der Waals surface area contributed by atoms with Crippen molar-refractivity contribution in [3.05, 3.63) is 0 Å². The molecule has 0 radical (unpaired) electrons. The Balaban J connectivity index is 1.96. The number of ether oxygens (including phenoxy) is 1. The molecule has 0 aromatic rings. The van der Waals surface area contributed by atoms with Crippen molar-refractivity contribution in [3.8, 4) is 0 Å². The van der Waals surface area contributed by atoms with E-state index in [1.807, 2.05) is 0 Å². The number of nitrogens with one attached hydrogen (secondary N) is 1. The monoisotopic (exact) mass is 282 g/mol. The van der Waals surface area contributed by atoms with Gasteiger partial charge in [-0.15, -0.1) is 0 Å². The van der Waals surface area contributed by atoms with Crippen molar-refractivity contribution in [1.29, 1.82) is 0 Å². The van der Waals surface area contributed by atoms with Crippen LogP contribution < -0.4 is 5.32 Å². The first-order valence-electron chi connectivity index (χ1n) is 8.54. The molecule has 2 aliphatic rings. The van der Waals surface area contributed by atoms with Crippen LogP contribution in [0.4, 0.5) is 0 Å². The van der Waals surface area contributed by atoms with E-state index in [0.717, 1.165) is 30.9 Å². The molecule has 20 heavy (non-hydrogen) atoms. The van der Waals surface area contributed by atoms with Crippen LogP contribution in [0.1, 0.15) is 47.0 Å². The van der Waals surface area contributed by atoms with Crippen LogP contribution >= 0.6 is 0 Å². The van der Waals surface area contributed by atoms with Gasteiger partial charge in [-0.2, -0.15) is 0 Å². The summed E-state index contributed by atoms with van der Waals surface area (Å²) in [6.45, 7) is 12.5. The number of hydrogen-bond donors (Lipinski definition) is 1. The number of nitrogens with zero attached hydrogens (tertiary/aromatic N) is 1. The maximum atomic E-state index is 5.76. The topological polar surface area (TPSA) is 24.5 Å². The van der Waals surface area contributed by atoms with Crippen LogP contribution in [0.2, 0.25) is 0 Å². The Morgan fingerprint density at radius 2 is 2.00 bits per heavy atom. The zero-order valence-electron chi connectivity index (χ0n) is 14.1. The standard InChI is InChI=1S/C17H34N2O/c1-12(2)15-6-7-17(18-5)16(8-15)10-19-9-14(4)20-11-13(19)3/h12-18H,6-11H2,1-5H3. The number of hydrogen-bond acceptors (Lipinski definition) is 3. The summed E-state index contributed by atoms with van der Waals surface area (Å²) in [5.74, 6) is 2.55. The maximum Gasteiger partial charge on any atom is 0.0674 e. The van der Waals surface area contributed by atoms with E-state index in [0.29, 0.717) is 18.2 Å². The van der Waals surface area contributed by atoms with Crippen LogP contribution in [-0.2, 0) is 4.74 Å². The first kappa shape index (κ1) is 16.3. The second-order valence-corrected chi connectivity index (χ2v) is 7.42. The molecule has 1 heterocycles. The molecule has 0 aromatic heterocycles. The first-order valence-corrected chi connectivity index (χ1v) is 8.54. The van der Waals surface area contributed by atoms with Gasteiger partial charge in [0.25, 0.3) is 0 Å². The second-order valence-electron chi connectivity index (χ2n) is 7.42. The highest BCUT2D eigenvalue weighted by Gasteiger charge is 2.34. The van der Waals surface area contributed by atoms with E-state index in [1.165, 1.54) is 25.8 Å². The third-order valence-electron chi connectivity index (χ3n) is 5.54. The Morgan fingerprint density at radius 1 is 1.25 bits per heavy atom. The van der Waals surface area contributed by atoms with Gasteiger partial charge in [-0.3, -0.25) is 4.90 Å². The van der Waals surface area contributed by atoms with Gasteiger partial charge >= 0.3 is 0 Å².